The molecule has 0 spiro atoms. The number of nitriles is 1. The predicted octanol–water partition coefficient (Wildman–Crippen LogP) is 1.83. The maximum Gasteiger partial charge on any atom is 0.265 e. The van der Waals surface area contributed by atoms with E-state index in [1.54, 1.807) is 0 Å². The minimum absolute atomic E-state index is 0.00764. The molecule has 102 valence electrons. The second kappa shape index (κ2) is 5.64. The van der Waals surface area contributed by atoms with Crippen LogP contribution < -0.4 is 5.32 Å². The number of alkyl halides is 2. The van der Waals surface area contributed by atoms with Crippen LogP contribution in [0.15, 0.2) is 30.3 Å². The molecule has 1 atom stereocenters. The second-order valence-electron chi connectivity index (χ2n) is 4.98. The van der Waals surface area contributed by atoms with Gasteiger partial charge in [-0.3, -0.25) is 0 Å². The van der Waals surface area contributed by atoms with Gasteiger partial charge < -0.3 is 10.4 Å². The van der Waals surface area contributed by atoms with E-state index in [-0.39, 0.29) is 12.6 Å². The third-order valence-electron chi connectivity index (χ3n) is 3.64. The van der Waals surface area contributed by atoms with Crippen LogP contribution in [-0.4, -0.2) is 30.2 Å². The summed E-state index contributed by atoms with van der Waals surface area (Å²) >= 11 is 0. The smallest absolute Gasteiger partial charge is 0.265 e. The van der Waals surface area contributed by atoms with Crippen LogP contribution in [0.3, 0.4) is 0 Å². The van der Waals surface area contributed by atoms with Crippen LogP contribution in [0.1, 0.15) is 18.4 Å². The quantitative estimate of drug-likeness (QED) is 0.854. The van der Waals surface area contributed by atoms with Crippen LogP contribution in [0.2, 0.25) is 0 Å². The van der Waals surface area contributed by atoms with E-state index >= 15 is 0 Å². The maximum atomic E-state index is 12.1. The lowest BCUT2D eigenvalue weighted by Gasteiger charge is -2.43. The minimum Gasteiger partial charge on any atom is -0.386 e. The normalized spacial score (nSPS) is 27.6. The average molecular weight is 266 g/mol. The molecule has 0 saturated heterocycles. The summed E-state index contributed by atoms with van der Waals surface area (Å²) in [4.78, 5) is 0. The molecule has 1 aliphatic rings. The highest BCUT2D eigenvalue weighted by Crippen LogP contribution is 2.43. The summed E-state index contributed by atoms with van der Waals surface area (Å²) in [7, 11) is 0. The van der Waals surface area contributed by atoms with Crippen LogP contribution in [-0.2, 0) is 5.41 Å². The first-order chi connectivity index (χ1) is 9.07. The zero-order valence-corrected chi connectivity index (χ0v) is 10.4. The first-order valence-corrected chi connectivity index (χ1v) is 6.24. The van der Waals surface area contributed by atoms with Crippen molar-refractivity contribution in [2.75, 3.05) is 6.54 Å². The molecule has 5 heteroatoms. The Hall–Kier alpha value is -1.51. The number of nitrogens with one attached hydrogen (secondary N) is 1. The fourth-order valence-electron chi connectivity index (χ4n) is 2.45. The van der Waals surface area contributed by atoms with Crippen molar-refractivity contribution in [3.63, 3.8) is 0 Å². The Balaban J connectivity index is 1.89. The van der Waals surface area contributed by atoms with Crippen molar-refractivity contribution in [1.29, 1.82) is 5.26 Å². The highest BCUT2D eigenvalue weighted by Gasteiger charge is 2.45. The minimum atomic E-state index is -2.73. The number of rotatable bonds is 5. The zero-order valence-electron chi connectivity index (χ0n) is 10.4. The summed E-state index contributed by atoms with van der Waals surface area (Å²) in [5.74, 6) is 0. The predicted molar refractivity (Wildman–Crippen MR) is 66.8 cm³/mol. The molecule has 19 heavy (non-hydrogen) atoms. The largest absolute Gasteiger partial charge is 0.386 e. The number of hydrogen-bond acceptors (Lipinski definition) is 3. The van der Waals surface area contributed by atoms with Crippen LogP contribution in [0.5, 0.6) is 0 Å². The fourth-order valence-corrected chi connectivity index (χ4v) is 2.45. The van der Waals surface area contributed by atoms with Gasteiger partial charge in [-0.1, -0.05) is 30.3 Å². The van der Waals surface area contributed by atoms with E-state index in [9.17, 15) is 14.0 Å². The monoisotopic (exact) mass is 266 g/mol. The molecule has 1 unspecified atom stereocenters. The first-order valence-electron chi connectivity index (χ1n) is 6.24. The summed E-state index contributed by atoms with van der Waals surface area (Å²) in [5.41, 5.74) is 0.444. The molecular formula is C14H16F2N2O. The highest BCUT2D eigenvalue weighted by molar-refractivity contribution is 5.36. The van der Waals surface area contributed by atoms with Gasteiger partial charge >= 0.3 is 0 Å². The second-order valence-corrected chi connectivity index (χ2v) is 4.98. The van der Waals surface area contributed by atoms with Gasteiger partial charge in [0.05, 0.1) is 11.5 Å². The van der Waals surface area contributed by atoms with Crippen molar-refractivity contribution in [2.45, 2.75) is 36.8 Å². The van der Waals surface area contributed by atoms with E-state index in [1.165, 1.54) is 0 Å². The highest BCUT2D eigenvalue weighted by atomic mass is 19.3. The van der Waals surface area contributed by atoms with Gasteiger partial charge in [0.2, 0.25) is 0 Å². The molecule has 0 bridgehead atoms. The van der Waals surface area contributed by atoms with Crippen molar-refractivity contribution < 1.29 is 13.9 Å². The summed E-state index contributed by atoms with van der Waals surface area (Å²) in [6, 6.07) is 11.8. The van der Waals surface area contributed by atoms with Gasteiger partial charge in [-0.25, -0.2) is 8.78 Å². The van der Waals surface area contributed by atoms with Crippen molar-refractivity contribution in [3.8, 4) is 6.07 Å². The molecule has 3 nitrogen and oxygen atoms in total. The zero-order chi connectivity index (χ0) is 13.9. The van der Waals surface area contributed by atoms with E-state index in [0.717, 1.165) is 5.56 Å². The van der Waals surface area contributed by atoms with Gasteiger partial charge in [-0.15, -0.1) is 0 Å². The number of aliphatic hydroxyl groups is 1. The Bertz CT molecular complexity index is 452. The van der Waals surface area contributed by atoms with Crippen molar-refractivity contribution in [2.24, 2.45) is 0 Å². The van der Waals surface area contributed by atoms with E-state index < -0.39 is 17.9 Å². The fraction of sp³-hybridized carbons (Fsp3) is 0.500. The van der Waals surface area contributed by atoms with Gasteiger partial charge in [0.1, 0.15) is 6.10 Å². The Morgan fingerprint density at radius 3 is 2.53 bits per heavy atom. The molecule has 2 N–H and O–H groups in total. The van der Waals surface area contributed by atoms with E-state index in [0.29, 0.717) is 12.8 Å². The molecule has 2 rings (SSSR count). The molecule has 1 saturated carbocycles. The molecule has 0 aromatic heterocycles. The molecule has 0 amide bonds. The maximum absolute atomic E-state index is 12.1. The Morgan fingerprint density at radius 1 is 1.37 bits per heavy atom. The average Bonchev–Trinajstić information content (AvgIpc) is 2.38. The van der Waals surface area contributed by atoms with E-state index in [2.05, 4.69) is 11.4 Å². The van der Waals surface area contributed by atoms with E-state index in [1.807, 2.05) is 30.3 Å². The van der Waals surface area contributed by atoms with Gasteiger partial charge in [0, 0.05) is 12.6 Å². The lowest BCUT2D eigenvalue weighted by Crippen LogP contribution is -2.52. The summed E-state index contributed by atoms with van der Waals surface area (Å²) in [6.07, 6.45) is -3.20. The third kappa shape index (κ3) is 2.91. The van der Waals surface area contributed by atoms with Gasteiger partial charge in [0.25, 0.3) is 6.43 Å². The first kappa shape index (κ1) is 13.9. The standard InChI is InChI=1S/C14H16F2N2O/c15-13(16)12(19)8-18-11-6-14(7-11,9-17)10-4-2-1-3-5-10/h1-5,11-13,18-19H,6-8H2. The Morgan fingerprint density at radius 2 is 2.00 bits per heavy atom. The van der Waals surface area contributed by atoms with Crippen molar-refractivity contribution in [3.05, 3.63) is 35.9 Å². The van der Waals surface area contributed by atoms with Crippen LogP contribution >= 0.6 is 0 Å². The van der Waals surface area contributed by atoms with Crippen LogP contribution in [0.4, 0.5) is 8.78 Å². The number of hydrogen-bond donors (Lipinski definition) is 2. The number of benzene rings is 1. The summed E-state index contributed by atoms with van der Waals surface area (Å²) in [5, 5.41) is 21.2. The van der Waals surface area contributed by atoms with Crippen LogP contribution in [0, 0.1) is 11.3 Å². The molecule has 1 aliphatic carbocycles. The summed E-state index contributed by atoms with van der Waals surface area (Å²) < 4.78 is 24.3. The van der Waals surface area contributed by atoms with Crippen LogP contribution in [0.25, 0.3) is 0 Å². The van der Waals surface area contributed by atoms with E-state index in [4.69, 9.17) is 5.11 Å². The lowest BCUT2D eigenvalue weighted by molar-refractivity contribution is -0.00715. The number of aliphatic hydroxyl groups excluding tert-OH is 1. The molecule has 0 aliphatic heterocycles. The number of nitrogens with zero attached hydrogens (tertiary/aromatic N) is 1. The molecule has 1 aromatic carbocycles. The summed E-state index contributed by atoms with van der Waals surface area (Å²) in [6.45, 7) is -0.140. The molecule has 0 radical (unpaired) electrons. The van der Waals surface area contributed by atoms with Gasteiger partial charge in [-0.2, -0.15) is 5.26 Å². The van der Waals surface area contributed by atoms with Crippen molar-refractivity contribution >= 4 is 0 Å². The number of halogens is 2. The lowest BCUT2D eigenvalue weighted by atomic mass is 9.62. The third-order valence-corrected chi connectivity index (χ3v) is 3.64. The molecule has 1 fully saturated rings. The topological polar surface area (TPSA) is 56.0 Å². The molecule has 0 heterocycles. The van der Waals surface area contributed by atoms with Crippen molar-refractivity contribution in [1.82, 2.24) is 5.32 Å². The van der Waals surface area contributed by atoms with Gasteiger partial charge in [0.15, 0.2) is 0 Å². The molecular weight excluding hydrogens is 250 g/mol. The Kier molecular flexibility index (Phi) is 4.13. The SMILES string of the molecule is N#CC1(c2ccccc2)CC(NCC(O)C(F)F)C1. The Labute approximate surface area is 110 Å². The molecule has 1 aromatic rings. The van der Waals surface area contributed by atoms with Gasteiger partial charge in [-0.05, 0) is 18.4 Å².